The van der Waals surface area contributed by atoms with Gasteiger partial charge in [0.2, 0.25) is 0 Å². The first kappa shape index (κ1) is 38.0. The average Bonchev–Trinajstić information content (AvgIpc) is 3.61. The van der Waals surface area contributed by atoms with Crippen LogP contribution in [0.2, 0.25) is 5.02 Å². The van der Waals surface area contributed by atoms with Crippen molar-refractivity contribution in [2.45, 2.75) is 37.8 Å². The predicted molar refractivity (Wildman–Crippen MR) is 193 cm³/mol. The Labute approximate surface area is 300 Å². The Morgan fingerprint density at radius 3 is 2.42 bits per heavy atom. The molecule has 16 heteroatoms. The van der Waals surface area contributed by atoms with Crippen molar-refractivity contribution in [3.05, 3.63) is 82.1 Å². The van der Waals surface area contributed by atoms with E-state index in [-0.39, 0.29) is 22.4 Å². The molecule has 12 nitrogen and oxygen atoms in total. The number of aromatic nitrogens is 1. The molecule has 0 spiro atoms. The van der Waals surface area contributed by atoms with E-state index in [1.165, 1.54) is 25.3 Å². The van der Waals surface area contributed by atoms with E-state index in [4.69, 9.17) is 25.8 Å². The molecule has 3 aromatic carbocycles. The fourth-order valence-electron chi connectivity index (χ4n) is 4.69. The fourth-order valence-corrected chi connectivity index (χ4v) is 7.31. The number of hydrogen-bond donors (Lipinski definition) is 1. The smallest absolute Gasteiger partial charge is 0.410 e. The molecular weight excluding hydrogens is 707 g/mol. The third-order valence-corrected chi connectivity index (χ3v) is 10.3. The van der Waals surface area contributed by atoms with Crippen LogP contribution >= 0.6 is 22.9 Å². The van der Waals surface area contributed by atoms with Gasteiger partial charge >= 0.3 is 6.09 Å². The molecule has 4 aromatic rings. The Morgan fingerprint density at radius 2 is 1.80 bits per heavy atom. The van der Waals surface area contributed by atoms with Crippen LogP contribution in [0.3, 0.4) is 0 Å². The highest BCUT2D eigenvalue weighted by Gasteiger charge is 2.32. The first-order chi connectivity index (χ1) is 23.6. The number of ether oxygens (including phenoxy) is 3. The van der Waals surface area contributed by atoms with Crippen LogP contribution < -0.4 is 24.0 Å². The van der Waals surface area contributed by atoms with Crippen molar-refractivity contribution in [2.24, 2.45) is 0 Å². The van der Waals surface area contributed by atoms with E-state index in [0.717, 1.165) is 27.8 Å². The van der Waals surface area contributed by atoms with Gasteiger partial charge in [0.25, 0.3) is 10.0 Å². The van der Waals surface area contributed by atoms with Gasteiger partial charge in [0, 0.05) is 56.5 Å². The van der Waals surface area contributed by atoms with Crippen molar-refractivity contribution >= 4 is 61.2 Å². The summed E-state index contributed by atoms with van der Waals surface area (Å²) in [4.78, 5) is 19.2. The van der Waals surface area contributed by atoms with E-state index in [2.05, 4.69) is 16.4 Å². The highest BCUT2D eigenvalue weighted by molar-refractivity contribution is 7.93. The molecule has 0 radical (unpaired) electrons. The third kappa shape index (κ3) is 9.06. The lowest BCUT2D eigenvalue weighted by atomic mass is 10.1. The van der Waals surface area contributed by atoms with E-state index in [1.807, 2.05) is 4.90 Å². The van der Waals surface area contributed by atoms with E-state index in [9.17, 15) is 18.5 Å². The van der Waals surface area contributed by atoms with E-state index in [1.54, 1.807) is 76.6 Å². The number of methoxy groups -OCH3 is 2. The molecule has 0 saturated heterocycles. The Hall–Kier alpha value is -4.78. The molecule has 1 heterocycles. The molecule has 0 aliphatic rings. The van der Waals surface area contributed by atoms with Gasteiger partial charge in [-0.05, 0) is 57.2 Å². The van der Waals surface area contributed by atoms with Gasteiger partial charge in [0.1, 0.15) is 27.8 Å². The fraction of sp³-hybridized carbons (Fsp3) is 0.324. The van der Waals surface area contributed by atoms with Gasteiger partial charge in [-0.25, -0.2) is 26.9 Å². The largest absolute Gasteiger partial charge is 0.497 e. The molecule has 4 rings (SSSR count). The number of amides is 1. The molecule has 0 fully saturated rings. The van der Waals surface area contributed by atoms with Crippen LogP contribution in [-0.2, 0) is 21.3 Å². The van der Waals surface area contributed by atoms with Gasteiger partial charge < -0.3 is 29.3 Å². The average molecular weight is 745 g/mol. The summed E-state index contributed by atoms with van der Waals surface area (Å²) in [6.07, 6.45) is 0.968. The summed E-state index contributed by atoms with van der Waals surface area (Å²) in [6.45, 7) is 5.77. The molecular formula is C34H38ClFN6O6S2. The zero-order chi connectivity index (χ0) is 36.8. The lowest BCUT2D eigenvalue weighted by Crippen LogP contribution is -2.38. The molecule has 1 N–H and O–H groups in total. The molecule has 1 aromatic heterocycles. The van der Waals surface area contributed by atoms with Gasteiger partial charge in [-0.1, -0.05) is 11.6 Å². The Kier molecular flexibility index (Phi) is 12.0. The monoisotopic (exact) mass is 744 g/mol. The third-order valence-electron chi connectivity index (χ3n) is 7.31. The van der Waals surface area contributed by atoms with Crippen molar-refractivity contribution in [3.63, 3.8) is 0 Å². The van der Waals surface area contributed by atoms with Gasteiger partial charge in [0.05, 0.1) is 54.5 Å². The maximum absolute atomic E-state index is 15.9. The number of nitriles is 1. The van der Waals surface area contributed by atoms with E-state index in [0.29, 0.717) is 47.1 Å². The minimum atomic E-state index is -4.55. The van der Waals surface area contributed by atoms with Crippen LogP contribution in [0.1, 0.15) is 31.9 Å². The highest BCUT2D eigenvalue weighted by Crippen LogP contribution is 2.37. The second-order valence-corrected chi connectivity index (χ2v) is 15.2. The molecule has 50 heavy (non-hydrogen) atoms. The van der Waals surface area contributed by atoms with Gasteiger partial charge in [-0.15, -0.1) is 11.3 Å². The van der Waals surface area contributed by atoms with Crippen molar-refractivity contribution in [1.82, 2.24) is 9.88 Å². The van der Waals surface area contributed by atoms with Crippen molar-refractivity contribution in [2.75, 3.05) is 55.9 Å². The van der Waals surface area contributed by atoms with Crippen LogP contribution in [0, 0.1) is 17.1 Å². The first-order valence-corrected chi connectivity index (χ1v) is 17.9. The predicted octanol–water partition coefficient (Wildman–Crippen LogP) is 7.27. The molecule has 0 atom stereocenters. The number of rotatable bonds is 13. The first-order valence-electron chi connectivity index (χ1n) is 15.2. The van der Waals surface area contributed by atoms with Gasteiger partial charge in [-0.2, -0.15) is 5.26 Å². The summed E-state index contributed by atoms with van der Waals surface area (Å²) < 4.78 is 61.3. The number of carbonyl (C=O) groups excluding carboxylic acids is 1. The van der Waals surface area contributed by atoms with Crippen molar-refractivity contribution < 1.29 is 31.8 Å². The van der Waals surface area contributed by atoms with Crippen LogP contribution in [0.15, 0.2) is 65.0 Å². The number of likely N-dealkylation sites (N-methyl/N-ethyl adjacent to an activating group) is 2. The minimum Gasteiger partial charge on any atom is -0.497 e. The number of hydrogen-bond acceptors (Lipinski definition) is 11. The lowest BCUT2D eigenvalue weighted by molar-refractivity contribution is 0.0303. The molecule has 0 saturated carbocycles. The molecule has 266 valence electrons. The number of nitrogens with one attached hydrogen (secondary N) is 1. The van der Waals surface area contributed by atoms with Crippen LogP contribution in [-0.4, -0.2) is 71.4 Å². The molecule has 1 amide bonds. The normalized spacial score (nSPS) is 11.4. The van der Waals surface area contributed by atoms with Gasteiger partial charge in [0.15, 0.2) is 5.13 Å². The summed E-state index contributed by atoms with van der Waals surface area (Å²) in [5, 5.41) is 14.3. The maximum Gasteiger partial charge on any atom is 0.410 e. The van der Waals surface area contributed by atoms with Crippen molar-refractivity contribution in [3.8, 4) is 17.6 Å². The topological polar surface area (TPSA) is 137 Å². The zero-order valence-electron chi connectivity index (χ0n) is 28.7. The molecule has 0 unspecified atom stereocenters. The van der Waals surface area contributed by atoms with E-state index >= 15 is 4.39 Å². The number of nitrogens with zero attached hydrogens (tertiary/aromatic N) is 5. The Morgan fingerprint density at radius 1 is 1.06 bits per heavy atom. The Balaban J connectivity index is 1.64. The van der Waals surface area contributed by atoms with Crippen LogP contribution in [0.4, 0.5) is 31.4 Å². The Bertz CT molecular complexity index is 1980. The number of benzene rings is 3. The number of sulfonamides is 1. The summed E-state index contributed by atoms with van der Waals surface area (Å²) >= 11 is 7.70. The summed E-state index contributed by atoms with van der Waals surface area (Å²) in [5.41, 5.74) is 1.31. The minimum absolute atomic E-state index is 0.0753. The van der Waals surface area contributed by atoms with Crippen molar-refractivity contribution in [1.29, 1.82) is 5.26 Å². The van der Waals surface area contributed by atoms with Crippen LogP contribution in [0.5, 0.6) is 11.5 Å². The summed E-state index contributed by atoms with van der Waals surface area (Å²) in [6, 6.07) is 13.9. The van der Waals surface area contributed by atoms with Gasteiger partial charge in [-0.3, -0.25) is 0 Å². The lowest BCUT2D eigenvalue weighted by Gasteiger charge is -2.28. The molecule has 0 aliphatic carbocycles. The van der Waals surface area contributed by atoms with Crippen LogP contribution in [0.25, 0.3) is 0 Å². The number of carbonyl (C=O) groups is 1. The maximum atomic E-state index is 15.9. The highest BCUT2D eigenvalue weighted by atomic mass is 35.5. The second-order valence-electron chi connectivity index (χ2n) is 12.1. The second kappa shape index (κ2) is 15.8. The number of thiazole rings is 1. The standard InChI is InChI=1S/C34H38ClFN6O6S2/c1-34(2,3)48-33(43)41(5)14-13-40(4)29-16-22(20-37)8-11-27(29)39-28-19-26(36)31(18-25(28)35)50(44,45)42(32-38-12-15-49-32)21-23-9-10-24(46-6)17-30(23)47-7/h8-12,15-19,39H,13-14,21H2,1-7H3. The molecule has 0 bridgehead atoms. The zero-order valence-corrected chi connectivity index (χ0v) is 31.0. The SMILES string of the molecule is COc1ccc(CN(c2nccs2)S(=O)(=O)c2cc(Cl)c(Nc3ccc(C#N)cc3N(C)CCN(C)C(=O)OC(C)(C)C)cc2F)c(OC)c1. The number of halogens is 2. The number of anilines is 4. The quantitative estimate of drug-likeness (QED) is 0.149. The summed E-state index contributed by atoms with van der Waals surface area (Å²) in [7, 11) is 1.79. The summed E-state index contributed by atoms with van der Waals surface area (Å²) in [5.74, 6) is -0.165. The molecule has 0 aliphatic heterocycles. The van der Waals surface area contributed by atoms with E-state index < -0.39 is 32.4 Å².